The minimum Gasteiger partial charge on any atom is -0.480 e. The van der Waals surface area contributed by atoms with Gasteiger partial charge in [0.1, 0.15) is 0 Å². The summed E-state index contributed by atoms with van der Waals surface area (Å²) in [4.78, 5) is 21.3. The highest BCUT2D eigenvalue weighted by Gasteiger charge is 2.18. The molecule has 0 saturated carbocycles. The van der Waals surface area contributed by atoms with E-state index >= 15 is 0 Å². The second kappa shape index (κ2) is 6.49. The highest BCUT2D eigenvalue weighted by molar-refractivity contribution is 5.81. The Morgan fingerprint density at radius 1 is 1.35 bits per heavy atom. The van der Waals surface area contributed by atoms with Gasteiger partial charge in [-0.05, 0) is 5.56 Å². The van der Waals surface area contributed by atoms with Crippen molar-refractivity contribution in [2.45, 2.75) is 12.6 Å². The van der Waals surface area contributed by atoms with Crippen LogP contribution in [0.25, 0.3) is 0 Å². The molecule has 1 aromatic carbocycles. The Morgan fingerprint density at radius 2 is 2.00 bits per heavy atom. The SMILES string of the molecule is NC(=O)N[C@H](COCc1ccccc1)C(=O)O. The van der Waals surface area contributed by atoms with Crippen molar-refractivity contribution in [3.63, 3.8) is 0 Å². The van der Waals surface area contributed by atoms with Gasteiger partial charge in [0, 0.05) is 0 Å². The lowest BCUT2D eigenvalue weighted by atomic mass is 10.2. The molecule has 0 aromatic heterocycles. The van der Waals surface area contributed by atoms with E-state index in [9.17, 15) is 9.59 Å². The van der Waals surface area contributed by atoms with Gasteiger partial charge in [0.2, 0.25) is 0 Å². The van der Waals surface area contributed by atoms with Crippen LogP contribution in [0.2, 0.25) is 0 Å². The van der Waals surface area contributed by atoms with E-state index in [0.29, 0.717) is 0 Å². The zero-order chi connectivity index (χ0) is 12.7. The van der Waals surface area contributed by atoms with Crippen molar-refractivity contribution in [2.75, 3.05) is 6.61 Å². The molecular weight excluding hydrogens is 224 g/mol. The van der Waals surface area contributed by atoms with Gasteiger partial charge in [-0.2, -0.15) is 0 Å². The zero-order valence-electron chi connectivity index (χ0n) is 9.13. The normalized spacial score (nSPS) is 11.8. The maximum atomic E-state index is 10.7. The molecule has 0 saturated heterocycles. The Kier molecular flexibility index (Phi) is 4.96. The number of urea groups is 1. The van der Waals surface area contributed by atoms with E-state index in [1.807, 2.05) is 30.3 Å². The topological polar surface area (TPSA) is 102 Å². The number of carbonyl (C=O) groups excluding carboxylic acids is 1. The number of carbonyl (C=O) groups is 2. The number of amides is 2. The van der Waals surface area contributed by atoms with Crippen LogP contribution in [-0.2, 0) is 16.1 Å². The molecule has 4 N–H and O–H groups in total. The average molecular weight is 238 g/mol. The average Bonchev–Trinajstić information content (AvgIpc) is 2.28. The Bertz CT molecular complexity index is 380. The molecule has 6 heteroatoms. The summed E-state index contributed by atoms with van der Waals surface area (Å²) in [5.41, 5.74) is 5.77. The van der Waals surface area contributed by atoms with E-state index in [2.05, 4.69) is 5.32 Å². The molecule has 0 fully saturated rings. The quantitative estimate of drug-likeness (QED) is 0.664. The van der Waals surface area contributed by atoms with Crippen LogP contribution >= 0.6 is 0 Å². The van der Waals surface area contributed by atoms with Gasteiger partial charge in [-0.3, -0.25) is 0 Å². The third kappa shape index (κ3) is 4.98. The second-order valence-corrected chi connectivity index (χ2v) is 3.40. The number of carboxylic acids is 1. The van der Waals surface area contributed by atoms with Crippen LogP contribution in [0.4, 0.5) is 4.79 Å². The van der Waals surface area contributed by atoms with Gasteiger partial charge in [-0.1, -0.05) is 30.3 Å². The molecule has 0 unspecified atom stereocenters. The Hall–Kier alpha value is -2.08. The first-order chi connectivity index (χ1) is 8.09. The van der Waals surface area contributed by atoms with E-state index in [1.54, 1.807) is 0 Å². The fourth-order valence-electron chi connectivity index (χ4n) is 1.22. The monoisotopic (exact) mass is 238 g/mol. The maximum Gasteiger partial charge on any atom is 0.328 e. The molecule has 0 bridgehead atoms. The van der Waals surface area contributed by atoms with Crippen LogP contribution < -0.4 is 11.1 Å². The van der Waals surface area contributed by atoms with Crippen molar-refractivity contribution in [3.8, 4) is 0 Å². The van der Waals surface area contributed by atoms with Gasteiger partial charge in [-0.25, -0.2) is 9.59 Å². The van der Waals surface area contributed by atoms with Crippen molar-refractivity contribution in [2.24, 2.45) is 5.73 Å². The number of nitrogens with one attached hydrogen (secondary N) is 1. The number of hydrogen-bond acceptors (Lipinski definition) is 3. The largest absolute Gasteiger partial charge is 0.480 e. The lowest BCUT2D eigenvalue weighted by Crippen LogP contribution is -2.46. The summed E-state index contributed by atoms with van der Waals surface area (Å²) in [6.45, 7) is 0.151. The van der Waals surface area contributed by atoms with Gasteiger partial charge < -0.3 is 20.9 Å². The van der Waals surface area contributed by atoms with Crippen LogP contribution in [0.15, 0.2) is 30.3 Å². The first-order valence-electron chi connectivity index (χ1n) is 5.00. The highest BCUT2D eigenvalue weighted by Crippen LogP contribution is 2.01. The van der Waals surface area contributed by atoms with Crippen molar-refractivity contribution in [1.29, 1.82) is 0 Å². The number of aliphatic carboxylic acids is 1. The molecule has 0 aliphatic heterocycles. The van der Waals surface area contributed by atoms with Crippen LogP contribution in [0.5, 0.6) is 0 Å². The fourth-order valence-corrected chi connectivity index (χ4v) is 1.22. The Labute approximate surface area is 98.4 Å². The third-order valence-electron chi connectivity index (χ3n) is 2.01. The van der Waals surface area contributed by atoms with Gasteiger partial charge in [0.15, 0.2) is 6.04 Å². The molecule has 1 aromatic rings. The number of carboxylic acid groups (broad SMARTS) is 1. The Morgan fingerprint density at radius 3 is 2.53 bits per heavy atom. The highest BCUT2D eigenvalue weighted by atomic mass is 16.5. The van der Waals surface area contributed by atoms with Crippen LogP contribution in [-0.4, -0.2) is 29.8 Å². The summed E-state index contributed by atoms with van der Waals surface area (Å²) in [6.07, 6.45) is 0. The first kappa shape index (κ1) is 13.0. The van der Waals surface area contributed by atoms with Gasteiger partial charge in [0.25, 0.3) is 0 Å². The molecule has 1 rings (SSSR count). The molecular formula is C11H14N2O4. The number of primary amides is 1. The fraction of sp³-hybridized carbons (Fsp3) is 0.273. The third-order valence-corrected chi connectivity index (χ3v) is 2.01. The molecule has 6 nitrogen and oxygen atoms in total. The number of nitrogens with two attached hydrogens (primary N) is 1. The van der Waals surface area contributed by atoms with Crippen LogP contribution in [0.3, 0.4) is 0 Å². The summed E-state index contributed by atoms with van der Waals surface area (Å²) in [5.74, 6) is -1.18. The number of rotatable bonds is 6. The number of ether oxygens (including phenoxy) is 1. The van der Waals surface area contributed by atoms with E-state index in [1.165, 1.54) is 0 Å². The van der Waals surface area contributed by atoms with Crippen molar-refractivity contribution >= 4 is 12.0 Å². The van der Waals surface area contributed by atoms with E-state index in [4.69, 9.17) is 15.6 Å². The molecule has 92 valence electrons. The summed E-state index contributed by atoms with van der Waals surface area (Å²) in [5, 5.41) is 10.8. The molecule has 0 aliphatic rings. The maximum absolute atomic E-state index is 10.7. The second-order valence-electron chi connectivity index (χ2n) is 3.40. The molecule has 0 heterocycles. The summed E-state index contributed by atoms with van der Waals surface area (Å²) >= 11 is 0. The Balaban J connectivity index is 2.37. The van der Waals surface area contributed by atoms with E-state index in [0.717, 1.165) is 5.56 Å². The van der Waals surface area contributed by atoms with Crippen molar-refractivity contribution in [1.82, 2.24) is 5.32 Å². The standard InChI is InChI=1S/C11H14N2O4/c12-11(16)13-9(10(14)15)7-17-6-8-4-2-1-3-5-8/h1-5,9H,6-7H2,(H,14,15)(H3,12,13,16)/t9-/m1/s1. The predicted molar refractivity (Wildman–Crippen MR) is 60.2 cm³/mol. The molecule has 0 spiro atoms. The zero-order valence-corrected chi connectivity index (χ0v) is 9.13. The molecule has 0 radical (unpaired) electrons. The van der Waals surface area contributed by atoms with E-state index < -0.39 is 18.0 Å². The molecule has 1 atom stereocenters. The lowest BCUT2D eigenvalue weighted by Gasteiger charge is -2.13. The van der Waals surface area contributed by atoms with E-state index in [-0.39, 0.29) is 13.2 Å². The summed E-state index contributed by atoms with van der Waals surface area (Å²) in [6, 6.07) is 7.29. The lowest BCUT2D eigenvalue weighted by molar-refractivity contribution is -0.140. The molecule has 17 heavy (non-hydrogen) atoms. The summed E-state index contributed by atoms with van der Waals surface area (Å²) < 4.78 is 5.19. The predicted octanol–water partition coefficient (Wildman–Crippen LogP) is 0.325. The summed E-state index contributed by atoms with van der Waals surface area (Å²) in [7, 11) is 0. The van der Waals surface area contributed by atoms with Gasteiger partial charge >= 0.3 is 12.0 Å². The van der Waals surface area contributed by atoms with Crippen molar-refractivity contribution < 1.29 is 19.4 Å². The van der Waals surface area contributed by atoms with Gasteiger partial charge in [0.05, 0.1) is 13.2 Å². The van der Waals surface area contributed by atoms with Gasteiger partial charge in [-0.15, -0.1) is 0 Å². The minimum atomic E-state index is -1.18. The van der Waals surface area contributed by atoms with Crippen LogP contribution in [0, 0.1) is 0 Å². The molecule has 0 aliphatic carbocycles. The number of hydrogen-bond donors (Lipinski definition) is 3. The minimum absolute atomic E-state index is 0.132. The number of benzene rings is 1. The van der Waals surface area contributed by atoms with Crippen molar-refractivity contribution in [3.05, 3.63) is 35.9 Å². The molecule has 2 amide bonds. The first-order valence-corrected chi connectivity index (χ1v) is 5.00. The van der Waals surface area contributed by atoms with Crippen LogP contribution in [0.1, 0.15) is 5.56 Å². The smallest absolute Gasteiger partial charge is 0.328 e.